The van der Waals surface area contributed by atoms with Crippen LogP contribution >= 0.6 is 39.1 Å². The van der Waals surface area contributed by atoms with E-state index in [9.17, 15) is 0 Å². The molecule has 3 nitrogen and oxygen atoms in total. The van der Waals surface area contributed by atoms with E-state index in [0.717, 1.165) is 15.9 Å². The fourth-order valence-corrected chi connectivity index (χ4v) is 2.12. The van der Waals surface area contributed by atoms with Crippen LogP contribution in [0.25, 0.3) is 11.3 Å². The SMILES string of the molecule is Cn1c(N)nc(-c2ccc(Cl)c(Cl)c2)c1Br. The Morgan fingerprint density at radius 2 is 2.00 bits per heavy atom. The molecule has 0 amide bonds. The molecular weight excluding hydrogens is 313 g/mol. The maximum absolute atomic E-state index is 5.95. The molecule has 0 aliphatic heterocycles. The van der Waals surface area contributed by atoms with Gasteiger partial charge >= 0.3 is 0 Å². The molecule has 2 aromatic rings. The first-order chi connectivity index (χ1) is 7.50. The van der Waals surface area contributed by atoms with Crippen LogP contribution < -0.4 is 5.73 Å². The molecule has 1 aromatic carbocycles. The number of imidazole rings is 1. The molecule has 0 aliphatic carbocycles. The summed E-state index contributed by atoms with van der Waals surface area (Å²) in [6.45, 7) is 0. The maximum Gasteiger partial charge on any atom is 0.201 e. The van der Waals surface area contributed by atoms with E-state index < -0.39 is 0 Å². The fourth-order valence-electron chi connectivity index (χ4n) is 1.32. The Labute approximate surface area is 111 Å². The van der Waals surface area contributed by atoms with Gasteiger partial charge in [0, 0.05) is 12.6 Å². The van der Waals surface area contributed by atoms with Gasteiger partial charge in [0.05, 0.1) is 10.0 Å². The fraction of sp³-hybridized carbons (Fsp3) is 0.100. The van der Waals surface area contributed by atoms with E-state index in [1.54, 1.807) is 16.7 Å². The highest BCUT2D eigenvalue weighted by Crippen LogP contribution is 2.32. The van der Waals surface area contributed by atoms with Crippen molar-refractivity contribution in [1.82, 2.24) is 9.55 Å². The van der Waals surface area contributed by atoms with E-state index >= 15 is 0 Å². The minimum absolute atomic E-state index is 0.438. The zero-order valence-electron chi connectivity index (χ0n) is 8.34. The number of hydrogen-bond acceptors (Lipinski definition) is 2. The number of benzene rings is 1. The molecule has 0 radical (unpaired) electrons. The molecular formula is C10H8BrCl2N3. The second-order valence-electron chi connectivity index (χ2n) is 3.30. The van der Waals surface area contributed by atoms with E-state index in [4.69, 9.17) is 28.9 Å². The van der Waals surface area contributed by atoms with Crippen LogP contribution in [0, 0.1) is 0 Å². The highest BCUT2D eigenvalue weighted by atomic mass is 79.9. The van der Waals surface area contributed by atoms with E-state index in [-0.39, 0.29) is 0 Å². The molecule has 0 unspecified atom stereocenters. The standard InChI is InChI=1S/C10H8BrCl2N3/c1-16-9(11)8(15-10(16)14)5-2-3-6(12)7(13)4-5/h2-4H,1H3,(H2,14,15). The molecule has 0 atom stereocenters. The normalized spacial score (nSPS) is 10.8. The zero-order chi connectivity index (χ0) is 11.9. The van der Waals surface area contributed by atoms with Crippen LogP contribution in [0.1, 0.15) is 0 Å². The molecule has 6 heteroatoms. The van der Waals surface area contributed by atoms with Crippen molar-refractivity contribution in [3.63, 3.8) is 0 Å². The predicted molar refractivity (Wildman–Crippen MR) is 70.8 cm³/mol. The van der Waals surface area contributed by atoms with E-state index in [1.165, 1.54) is 0 Å². The van der Waals surface area contributed by atoms with Crippen LogP contribution in [0.4, 0.5) is 5.95 Å². The van der Waals surface area contributed by atoms with Crippen molar-refractivity contribution in [2.75, 3.05) is 5.73 Å². The minimum Gasteiger partial charge on any atom is -0.369 e. The lowest BCUT2D eigenvalue weighted by atomic mass is 10.2. The summed E-state index contributed by atoms with van der Waals surface area (Å²) in [6.07, 6.45) is 0. The quantitative estimate of drug-likeness (QED) is 0.870. The largest absolute Gasteiger partial charge is 0.369 e. The summed E-state index contributed by atoms with van der Waals surface area (Å²) in [5, 5.41) is 1.01. The Balaban J connectivity index is 2.59. The van der Waals surface area contributed by atoms with Gasteiger partial charge in [0.2, 0.25) is 5.95 Å². The average molecular weight is 321 g/mol. The number of nitrogens with zero attached hydrogens (tertiary/aromatic N) is 2. The second kappa shape index (κ2) is 4.28. The summed E-state index contributed by atoms with van der Waals surface area (Å²) in [7, 11) is 1.83. The Morgan fingerprint density at radius 3 is 2.50 bits per heavy atom. The summed E-state index contributed by atoms with van der Waals surface area (Å²) < 4.78 is 2.56. The number of aromatic nitrogens is 2. The van der Waals surface area contributed by atoms with Crippen LogP contribution in [0.3, 0.4) is 0 Å². The van der Waals surface area contributed by atoms with Gasteiger partial charge in [-0.15, -0.1) is 0 Å². The van der Waals surface area contributed by atoms with Crippen LogP contribution in [-0.4, -0.2) is 9.55 Å². The van der Waals surface area contributed by atoms with Gasteiger partial charge in [-0.1, -0.05) is 29.3 Å². The van der Waals surface area contributed by atoms with Crippen molar-refractivity contribution >= 4 is 45.1 Å². The summed E-state index contributed by atoms with van der Waals surface area (Å²) in [4.78, 5) is 4.24. The molecule has 0 saturated carbocycles. The van der Waals surface area contributed by atoms with Gasteiger partial charge in [0.15, 0.2) is 0 Å². The Kier molecular flexibility index (Phi) is 3.15. The lowest BCUT2D eigenvalue weighted by Crippen LogP contribution is -1.96. The predicted octanol–water partition coefficient (Wildman–Crippen LogP) is 3.74. The van der Waals surface area contributed by atoms with Crippen molar-refractivity contribution in [2.45, 2.75) is 0 Å². The molecule has 1 heterocycles. The van der Waals surface area contributed by atoms with Gasteiger partial charge in [-0.25, -0.2) is 4.98 Å². The molecule has 0 spiro atoms. The van der Waals surface area contributed by atoms with E-state index in [2.05, 4.69) is 20.9 Å². The summed E-state index contributed by atoms with van der Waals surface area (Å²) in [5.74, 6) is 0.438. The summed E-state index contributed by atoms with van der Waals surface area (Å²) in [6, 6.07) is 5.34. The number of nitrogens with two attached hydrogens (primary N) is 1. The maximum atomic E-state index is 5.95. The van der Waals surface area contributed by atoms with Gasteiger partial charge in [-0.2, -0.15) is 0 Å². The van der Waals surface area contributed by atoms with Crippen molar-refractivity contribution in [3.05, 3.63) is 32.8 Å². The topological polar surface area (TPSA) is 43.8 Å². The molecule has 0 fully saturated rings. The summed E-state index contributed by atoms with van der Waals surface area (Å²) in [5.41, 5.74) is 7.33. The summed E-state index contributed by atoms with van der Waals surface area (Å²) >= 11 is 15.2. The van der Waals surface area contributed by atoms with Crippen molar-refractivity contribution in [2.24, 2.45) is 7.05 Å². The van der Waals surface area contributed by atoms with Gasteiger partial charge in [0.1, 0.15) is 10.3 Å². The molecule has 2 rings (SSSR count). The van der Waals surface area contributed by atoms with Crippen LogP contribution in [0.15, 0.2) is 22.8 Å². The molecule has 0 aliphatic rings. The van der Waals surface area contributed by atoms with Crippen LogP contribution in [0.2, 0.25) is 10.0 Å². The lowest BCUT2D eigenvalue weighted by molar-refractivity contribution is 0.907. The molecule has 84 valence electrons. The smallest absolute Gasteiger partial charge is 0.201 e. The number of rotatable bonds is 1. The minimum atomic E-state index is 0.438. The third-order valence-corrected chi connectivity index (χ3v) is 3.90. The number of anilines is 1. The van der Waals surface area contributed by atoms with Gasteiger partial charge in [-0.05, 0) is 28.1 Å². The Bertz CT molecular complexity index is 551. The number of hydrogen-bond donors (Lipinski definition) is 1. The Hall–Kier alpha value is -0.710. The lowest BCUT2D eigenvalue weighted by Gasteiger charge is -2.01. The van der Waals surface area contributed by atoms with Crippen molar-refractivity contribution in [1.29, 1.82) is 0 Å². The molecule has 0 bridgehead atoms. The van der Waals surface area contributed by atoms with Crippen LogP contribution in [-0.2, 0) is 7.05 Å². The first-order valence-electron chi connectivity index (χ1n) is 4.44. The Morgan fingerprint density at radius 1 is 1.31 bits per heavy atom. The monoisotopic (exact) mass is 319 g/mol. The third kappa shape index (κ3) is 1.93. The zero-order valence-corrected chi connectivity index (χ0v) is 11.4. The molecule has 0 saturated heterocycles. The molecule has 16 heavy (non-hydrogen) atoms. The first kappa shape index (κ1) is 11.8. The van der Waals surface area contributed by atoms with Gasteiger partial charge in [-0.3, -0.25) is 0 Å². The molecule has 2 N–H and O–H groups in total. The van der Waals surface area contributed by atoms with Crippen LogP contribution in [0.5, 0.6) is 0 Å². The second-order valence-corrected chi connectivity index (χ2v) is 4.86. The first-order valence-corrected chi connectivity index (χ1v) is 5.98. The number of halogens is 3. The number of nitrogen functional groups attached to an aromatic ring is 1. The third-order valence-electron chi connectivity index (χ3n) is 2.25. The highest BCUT2D eigenvalue weighted by molar-refractivity contribution is 9.10. The van der Waals surface area contributed by atoms with Crippen molar-refractivity contribution in [3.8, 4) is 11.3 Å². The highest BCUT2D eigenvalue weighted by Gasteiger charge is 2.13. The van der Waals surface area contributed by atoms with E-state index in [0.29, 0.717) is 16.0 Å². The van der Waals surface area contributed by atoms with Gasteiger partial charge in [0.25, 0.3) is 0 Å². The van der Waals surface area contributed by atoms with E-state index in [1.807, 2.05) is 13.1 Å². The molecule has 1 aromatic heterocycles. The van der Waals surface area contributed by atoms with Crippen molar-refractivity contribution < 1.29 is 0 Å². The van der Waals surface area contributed by atoms with Gasteiger partial charge < -0.3 is 10.3 Å². The average Bonchev–Trinajstić information content (AvgIpc) is 2.50.